The van der Waals surface area contributed by atoms with Crippen LogP contribution in [-0.2, 0) is 0 Å². The molecule has 1 heterocycles. The first-order chi connectivity index (χ1) is 11.1. The van der Waals surface area contributed by atoms with Crippen molar-refractivity contribution in [2.45, 2.75) is 19.8 Å². The van der Waals surface area contributed by atoms with Crippen LogP contribution in [0.4, 0.5) is 10.5 Å². The van der Waals surface area contributed by atoms with E-state index in [2.05, 4.69) is 17.2 Å². The van der Waals surface area contributed by atoms with Crippen LogP contribution in [-0.4, -0.2) is 29.5 Å². The number of hydrogen-bond donors (Lipinski definition) is 1. The van der Waals surface area contributed by atoms with E-state index >= 15 is 0 Å². The molecule has 0 saturated heterocycles. The molecule has 1 aromatic carbocycles. The Bertz CT molecular complexity index is 647. The summed E-state index contributed by atoms with van der Waals surface area (Å²) in [6, 6.07) is 12.2. The van der Waals surface area contributed by atoms with E-state index in [1.165, 1.54) is 0 Å². The zero-order valence-electron chi connectivity index (χ0n) is 13.3. The summed E-state index contributed by atoms with van der Waals surface area (Å²) in [7, 11) is 1.79. The predicted molar refractivity (Wildman–Crippen MR) is 92.3 cm³/mol. The molecule has 0 saturated carbocycles. The average Bonchev–Trinajstić information content (AvgIpc) is 2.54. The molecule has 0 aliphatic heterocycles. The summed E-state index contributed by atoms with van der Waals surface area (Å²) in [6.45, 7) is 2.84. The fourth-order valence-corrected chi connectivity index (χ4v) is 2.05. The van der Waals surface area contributed by atoms with Gasteiger partial charge in [0.25, 0.3) is 0 Å². The Kier molecular flexibility index (Phi) is 6.23. The number of carbonyl (C=O) groups is 1. The zero-order chi connectivity index (χ0) is 16.7. The van der Waals surface area contributed by atoms with Crippen LogP contribution < -0.4 is 10.1 Å². The second-order valence-electron chi connectivity index (χ2n) is 5.13. The number of urea groups is 1. The van der Waals surface area contributed by atoms with Gasteiger partial charge in [0.05, 0.1) is 0 Å². The Hall–Kier alpha value is -2.27. The van der Waals surface area contributed by atoms with Gasteiger partial charge in [0.15, 0.2) is 0 Å². The van der Waals surface area contributed by atoms with Crippen molar-refractivity contribution in [3.8, 4) is 11.6 Å². The van der Waals surface area contributed by atoms with Gasteiger partial charge >= 0.3 is 6.03 Å². The molecule has 0 radical (unpaired) electrons. The summed E-state index contributed by atoms with van der Waals surface area (Å²) < 4.78 is 5.60. The molecule has 0 aliphatic carbocycles. The number of nitrogens with one attached hydrogen (secondary N) is 1. The monoisotopic (exact) mass is 333 g/mol. The molecular formula is C17H20ClN3O2. The summed E-state index contributed by atoms with van der Waals surface area (Å²) in [5.41, 5.74) is 0.713. The minimum Gasteiger partial charge on any atom is -0.439 e. The fraction of sp³-hybridized carbons (Fsp3) is 0.294. The largest absolute Gasteiger partial charge is 0.439 e. The Morgan fingerprint density at radius 1 is 1.26 bits per heavy atom. The highest BCUT2D eigenvalue weighted by molar-refractivity contribution is 6.29. The van der Waals surface area contributed by atoms with Crippen LogP contribution in [0, 0.1) is 0 Å². The molecule has 1 N–H and O–H groups in total. The molecule has 6 heteroatoms. The highest BCUT2D eigenvalue weighted by Gasteiger charge is 2.08. The second-order valence-corrected chi connectivity index (χ2v) is 5.52. The number of pyridine rings is 1. The van der Waals surface area contributed by atoms with E-state index in [1.54, 1.807) is 54.4 Å². The highest BCUT2D eigenvalue weighted by Crippen LogP contribution is 2.22. The van der Waals surface area contributed by atoms with E-state index in [1.807, 2.05) is 0 Å². The molecule has 23 heavy (non-hydrogen) atoms. The number of nitrogens with zero attached hydrogens (tertiary/aromatic N) is 2. The molecule has 0 aliphatic rings. The molecule has 2 rings (SSSR count). The number of carbonyl (C=O) groups excluding carboxylic acids is 1. The number of rotatable bonds is 6. The van der Waals surface area contributed by atoms with Crippen molar-refractivity contribution < 1.29 is 9.53 Å². The topological polar surface area (TPSA) is 54.5 Å². The molecule has 1 aromatic heterocycles. The Morgan fingerprint density at radius 2 is 2.00 bits per heavy atom. The number of halogens is 1. The van der Waals surface area contributed by atoms with Crippen LogP contribution in [0.3, 0.4) is 0 Å². The molecule has 122 valence electrons. The van der Waals surface area contributed by atoms with Gasteiger partial charge in [-0.3, -0.25) is 0 Å². The van der Waals surface area contributed by atoms with Gasteiger partial charge in [0.1, 0.15) is 10.9 Å². The maximum Gasteiger partial charge on any atom is 0.321 e. The van der Waals surface area contributed by atoms with Crippen molar-refractivity contribution in [2.75, 3.05) is 18.9 Å². The van der Waals surface area contributed by atoms with E-state index in [-0.39, 0.29) is 6.03 Å². The summed E-state index contributed by atoms with van der Waals surface area (Å²) in [5.74, 6) is 1.05. The molecule has 0 bridgehead atoms. The lowest BCUT2D eigenvalue weighted by Gasteiger charge is -2.17. The van der Waals surface area contributed by atoms with Crippen molar-refractivity contribution in [3.05, 3.63) is 47.6 Å². The number of unbranched alkanes of at least 4 members (excludes halogenated alkanes) is 1. The SMILES string of the molecule is CCCCN(C)C(=O)Nc1ccc(Oc2cccc(Cl)n2)cc1. The number of hydrogen-bond acceptors (Lipinski definition) is 3. The Balaban J connectivity index is 1.93. The number of amides is 2. The van der Waals surface area contributed by atoms with Crippen molar-refractivity contribution >= 4 is 23.3 Å². The van der Waals surface area contributed by atoms with Gasteiger partial charge in [-0.2, -0.15) is 0 Å². The van der Waals surface area contributed by atoms with Crippen LogP contribution >= 0.6 is 11.6 Å². The maximum atomic E-state index is 12.0. The van der Waals surface area contributed by atoms with Gasteiger partial charge in [-0.25, -0.2) is 9.78 Å². The lowest BCUT2D eigenvalue weighted by atomic mass is 10.3. The average molecular weight is 334 g/mol. The van der Waals surface area contributed by atoms with Crippen LogP contribution in [0.25, 0.3) is 0 Å². The zero-order valence-corrected chi connectivity index (χ0v) is 14.0. The van der Waals surface area contributed by atoms with E-state index < -0.39 is 0 Å². The number of anilines is 1. The first kappa shape index (κ1) is 17.1. The predicted octanol–water partition coefficient (Wildman–Crippen LogP) is 4.79. The van der Waals surface area contributed by atoms with E-state index in [0.29, 0.717) is 22.5 Å². The standard InChI is InChI=1S/C17H20ClN3O2/c1-3-4-12-21(2)17(22)19-13-8-10-14(11-9-13)23-16-7-5-6-15(18)20-16/h5-11H,3-4,12H2,1-2H3,(H,19,22). The third-order valence-corrected chi connectivity index (χ3v) is 3.42. The van der Waals surface area contributed by atoms with Crippen molar-refractivity contribution in [1.29, 1.82) is 0 Å². The second kappa shape index (κ2) is 8.39. The van der Waals surface area contributed by atoms with Crippen LogP contribution in [0.15, 0.2) is 42.5 Å². The van der Waals surface area contributed by atoms with Gasteiger partial charge in [-0.15, -0.1) is 0 Å². The van der Waals surface area contributed by atoms with Crippen molar-refractivity contribution in [3.63, 3.8) is 0 Å². The van der Waals surface area contributed by atoms with E-state index in [4.69, 9.17) is 16.3 Å². The van der Waals surface area contributed by atoms with Gasteiger partial charge in [-0.05, 0) is 36.8 Å². The molecule has 5 nitrogen and oxygen atoms in total. The molecule has 0 unspecified atom stereocenters. The minimum absolute atomic E-state index is 0.122. The lowest BCUT2D eigenvalue weighted by Crippen LogP contribution is -2.32. The molecule has 0 atom stereocenters. The number of benzene rings is 1. The smallest absolute Gasteiger partial charge is 0.321 e. The molecule has 2 aromatic rings. The van der Waals surface area contributed by atoms with Crippen LogP contribution in [0.1, 0.15) is 19.8 Å². The van der Waals surface area contributed by atoms with Gasteiger partial charge < -0.3 is 15.0 Å². The summed E-state index contributed by atoms with van der Waals surface area (Å²) >= 11 is 5.82. The van der Waals surface area contributed by atoms with Crippen molar-refractivity contribution in [2.24, 2.45) is 0 Å². The van der Waals surface area contributed by atoms with Gasteiger partial charge in [0.2, 0.25) is 5.88 Å². The first-order valence-electron chi connectivity index (χ1n) is 7.51. The molecule has 0 spiro atoms. The third-order valence-electron chi connectivity index (χ3n) is 3.21. The summed E-state index contributed by atoms with van der Waals surface area (Å²) in [6.07, 6.45) is 2.05. The highest BCUT2D eigenvalue weighted by atomic mass is 35.5. The van der Waals surface area contributed by atoms with Crippen LogP contribution in [0.2, 0.25) is 5.15 Å². The third kappa shape index (κ3) is 5.45. The van der Waals surface area contributed by atoms with Crippen LogP contribution in [0.5, 0.6) is 11.6 Å². The maximum absolute atomic E-state index is 12.0. The number of aromatic nitrogens is 1. The fourth-order valence-electron chi connectivity index (χ4n) is 1.89. The molecular weight excluding hydrogens is 314 g/mol. The summed E-state index contributed by atoms with van der Waals surface area (Å²) in [5, 5.41) is 3.22. The van der Waals surface area contributed by atoms with Gasteiger partial charge in [-0.1, -0.05) is 31.0 Å². The molecule has 0 fully saturated rings. The van der Waals surface area contributed by atoms with Crippen molar-refractivity contribution in [1.82, 2.24) is 9.88 Å². The van der Waals surface area contributed by atoms with E-state index in [0.717, 1.165) is 19.4 Å². The minimum atomic E-state index is -0.122. The summed E-state index contributed by atoms with van der Waals surface area (Å²) in [4.78, 5) is 17.7. The number of ether oxygens (including phenoxy) is 1. The van der Waals surface area contributed by atoms with E-state index in [9.17, 15) is 4.79 Å². The Labute approximate surface area is 141 Å². The van der Waals surface area contributed by atoms with Gasteiger partial charge in [0, 0.05) is 25.3 Å². The first-order valence-corrected chi connectivity index (χ1v) is 7.89. The lowest BCUT2D eigenvalue weighted by molar-refractivity contribution is 0.222. The normalized spacial score (nSPS) is 10.2. The Morgan fingerprint density at radius 3 is 2.65 bits per heavy atom. The quantitative estimate of drug-likeness (QED) is 0.773. The molecule has 2 amide bonds.